The molecule has 1 aromatic carbocycles. The van der Waals surface area contributed by atoms with Crippen LogP contribution in [0.1, 0.15) is 71.0 Å². The fourth-order valence-corrected chi connectivity index (χ4v) is 3.29. The van der Waals surface area contributed by atoms with E-state index in [1.165, 1.54) is 19.4 Å². The van der Waals surface area contributed by atoms with Crippen LogP contribution in [0.3, 0.4) is 0 Å². The first kappa shape index (κ1) is 22.0. The molecule has 8 heteroatoms. The number of benzene rings is 1. The Morgan fingerprint density at radius 3 is 2.35 bits per heavy atom. The second-order valence-corrected chi connectivity index (χ2v) is 7.60. The lowest BCUT2D eigenvalue weighted by atomic mass is 10.0. The number of hydrogen-bond donors (Lipinski definition) is 2. The molecular weight excluding hydrogens is 398 g/mol. The van der Waals surface area contributed by atoms with Gasteiger partial charge in [-0.15, -0.1) is 0 Å². The Hall–Kier alpha value is -3.68. The smallest absolute Gasteiger partial charge is 0.255 e. The zero-order valence-electron chi connectivity index (χ0n) is 17.9. The van der Waals surface area contributed by atoms with Crippen molar-refractivity contribution in [1.82, 2.24) is 4.98 Å². The van der Waals surface area contributed by atoms with Gasteiger partial charge in [-0.1, -0.05) is 38.1 Å². The summed E-state index contributed by atoms with van der Waals surface area (Å²) in [6, 6.07) is 8.05. The first-order chi connectivity index (χ1) is 14.7. The molecule has 3 rings (SSSR count). The van der Waals surface area contributed by atoms with Crippen LogP contribution in [0.25, 0.3) is 11.3 Å². The molecular formula is C23H25N3O5. The fraction of sp³-hybridized carbons (Fsp3) is 0.304. The van der Waals surface area contributed by atoms with Crippen LogP contribution in [-0.4, -0.2) is 22.6 Å². The molecule has 0 aliphatic heterocycles. The van der Waals surface area contributed by atoms with Gasteiger partial charge in [0.1, 0.15) is 11.3 Å². The van der Waals surface area contributed by atoms with Crippen LogP contribution in [0.15, 0.2) is 39.3 Å². The van der Waals surface area contributed by atoms with Gasteiger partial charge in [-0.25, -0.2) is 4.98 Å². The topological polar surface area (TPSA) is 128 Å². The second-order valence-electron chi connectivity index (χ2n) is 7.60. The minimum Gasteiger partial charge on any atom is -0.444 e. The van der Waals surface area contributed by atoms with Crippen molar-refractivity contribution >= 4 is 23.5 Å². The lowest BCUT2D eigenvalue weighted by molar-refractivity contribution is -0.116. The summed E-state index contributed by atoms with van der Waals surface area (Å²) in [6.07, 6.45) is 1.92. The van der Waals surface area contributed by atoms with Crippen molar-refractivity contribution in [2.45, 2.75) is 46.5 Å². The molecule has 8 nitrogen and oxygen atoms in total. The van der Waals surface area contributed by atoms with E-state index in [9.17, 15) is 14.4 Å². The average molecular weight is 423 g/mol. The van der Waals surface area contributed by atoms with Crippen molar-refractivity contribution in [2.75, 3.05) is 5.32 Å². The zero-order valence-corrected chi connectivity index (χ0v) is 17.9. The number of carbonyl (C=O) groups excluding carboxylic acids is 3. The van der Waals surface area contributed by atoms with Gasteiger partial charge in [-0.2, -0.15) is 0 Å². The summed E-state index contributed by atoms with van der Waals surface area (Å²) < 4.78 is 11.1. The Bertz CT molecular complexity index is 1120. The van der Waals surface area contributed by atoms with Gasteiger partial charge in [0.25, 0.3) is 5.91 Å². The van der Waals surface area contributed by atoms with Gasteiger partial charge in [0, 0.05) is 18.4 Å². The Morgan fingerprint density at radius 2 is 1.77 bits per heavy atom. The third kappa shape index (κ3) is 4.91. The van der Waals surface area contributed by atoms with Gasteiger partial charge in [-0.3, -0.25) is 19.7 Å². The highest BCUT2D eigenvalue weighted by molar-refractivity contribution is 6.11. The number of nitrogens with zero attached hydrogens (tertiary/aromatic N) is 1. The van der Waals surface area contributed by atoms with E-state index in [1.54, 1.807) is 6.20 Å². The summed E-state index contributed by atoms with van der Waals surface area (Å²) in [5.41, 5.74) is 7.45. The number of anilines is 1. The molecule has 0 atom stereocenters. The molecule has 3 N–H and O–H groups in total. The van der Waals surface area contributed by atoms with Gasteiger partial charge in [0.15, 0.2) is 17.4 Å². The van der Waals surface area contributed by atoms with Crippen molar-refractivity contribution in [2.24, 2.45) is 5.73 Å². The highest BCUT2D eigenvalue weighted by Gasteiger charge is 2.26. The number of aromatic nitrogens is 1. The van der Waals surface area contributed by atoms with E-state index in [0.29, 0.717) is 17.6 Å². The van der Waals surface area contributed by atoms with Gasteiger partial charge in [0.05, 0.1) is 11.8 Å². The number of nitrogens with one attached hydrogen (secondary N) is 1. The number of primary amides is 1. The van der Waals surface area contributed by atoms with Crippen LogP contribution in [-0.2, 0) is 11.2 Å². The van der Waals surface area contributed by atoms with E-state index < -0.39 is 11.8 Å². The summed E-state index contributed by atoms with van der Waals surface area (Å²) >= 11 is 0. The molecule has 162 valence electrons. The van der Waals surface area contributed by atoms with Gasteiger partial charge in [-0.05, 0) is 25.3 Å². The molecule has 0 saturated heterocycles. The van der Waals surface area contributed by atoms with Gasteiger partial charge in [0.2, 0.25) is 11.8 Å². The molecule has 0 spiro atoms. The fourth-order valence-electron chi connectivity index (χ4n) is 3.29. The number of ketones is 1. The predicted molar refractivity (Wildman–Crippen MR) is 115 cm³/mol. The van der Waals surface area contributed by atoms with E-state index >= 15 is 0 Å². The molecule has 2 heterocycles. The molecule has 2 amide bonds. The quantitative estimate of drug-likeness (QED) is 0.522. The average Bonchev–Trinajstić information content (AvgIpc) is 3.30. The Morgan fingerprint density at radius 1 is 1.10 bits per heavy atom. The summed E-state index contributed by atoms with van der Waals surface area (Å²) in [7, 11) is 0. The molecule has 0 unspecified atom stereocenters. The summed E-state index contributed by atoms with van der Waals surface area (Å²) in [5, 5.41) is 2.51. The molecule has 2 aromatic heterocycles. The number of oxazole rings is 1. The normalized spacial score (nSPS) is 11.0. The van der Waals surface area contributed by atoms with Crippen molar-refractivity contribution < 1.29 is 23.2 Å². The van der Waals surface area contributed by atoms with Crippen LogP contribution < -0.4 is 11.1 Å². The van der Waals surface area contributed by atoms with Crippen molar-refractivity contribution in [3.63, 3.8) is 0 Å². The third-order valence-electron chi connectivity index (χ3n) is 4.92. The minimum atomic E-state index is -0.849. The monoisotopic (exact) mass is 423 g/mol. The van der Waals surface area contributed by atoms with Crippen molar-refractivity contribution in [1.29, 1.82) is 0 Å². The number of aryl methyl sites for hydroxylation is 2. The predicted octanol–water partition coefficient (Wildman–Crippen LogP) is 4.24. The second kappa shape index (κ2) is 8.99. The molecule has 0 aliphatic carbocycles. The SMILES string of the molecule is CC(=O)c1c(C)oc(NC(=O)CCc2ncc(-c3ccc(C(C)C)cc3)o2)c1C(N)=O. The number of furan rings is 1. The number of nitrogens with two attached hydrogens (primary N) is 1. The highest BCUT2D eigenvalue weighted by atomic mass is 16.4. The number of rotatable bonds is 8. The van der Waals surface area contributed by atoms with E-state index in [0.717, 1.165) is 5.56 Å². The lowest BCUT2D eigenvalue weighted by Crippen LogP contribution is -2.19. The molecule has 31 heavy (non-hydrogen) atoms. The maximum absolute atomic E-state index is 12.4. The van der Waals surface area contributed by atoms with E-state index in [2.05, 4.69) is 24.1 Å². The molecule has 0 saturated carbocycles. The number of Topliss-reactive ketones (excluding diaryl/α,β-unsaturated/α-hetero) is 1. The first-order valence-electron chi connectivity index (χ1n) is 9.96. The number of carbonyl (C=O) groups is 3. The first-order valence-corrected chi connectivity index (χ1v) is 9.96. The minimum absolute atomic E-state index is 0.0413. The maximum Gasteiger partial charge on any atom is 0.255 e. The molecule has 3 aromatic rings. The largest absolute Gasteiger partial charge is 0.444 e. The Labute approximate surface area is 179 Å². The highest BCUT2D eigenvalue weighted by Crippen LogP contribution is 2.28. The van der Waals surface area contributed by atoms with Crippen LogP contribution in [0.4, 0.5) is 5.88 Å². The van der Waals surface area contributed by atoms with E-state index in [1.807, 2.05) is 24.3 Å². The zero-order chi connectivity index (χ0) is 22.7. The summed E-state index contributed by atoms with van der Waals surface area (Å²) in [6.45, 7) is 7.08. The van der Waals surface area contributed by atoms with Crippen LogP contribution in [0.5, 0.6) is 0 Å². The molecule has 0 aliphatic rings. The van der Waals surface area contributed by atoms with E-state index in [4.69, 9.17) is 14.6 Å². The lowest BCUT2D eigenvalue weighted by Gasteiger charge is -2.05. The Kier molecular flexibility index (Phi) is 6.39. The van der Waals surface area contributed by atoms with Gasteiger partial charge < -0.3 is 14.6 Å². The van der Waals surface area contributed by atoms with E-state index in [-0.39, 0.29) is 41.4 Å². The molecule has 0 radical (unpaired) electrons. The molecule has 0 bridgehead atoms. The van der Waals surface area contributed by atoms with Crippen LogP contribution in [0, 0.1) is 6.92 Å². The summed E-state index contributed by atoms with van der Waals surface area (Å²) in [4.78, 5) is 40.1. The third-order valence-corrected chi connectivity index (χ3v) is 4.92. The van der Waals surface area contributed by atoms with Gasteiger partial charge >= 0.3 is 0 Å². The van der Waals surface area contributed by atoms with Crippen LogP contribution >= 0.6 is 0 Å². The number of amides is 2. The standard InChI is InChI=1S/C23H25N3O5/c1-12(2)15-5-7-16(8-6-15)17-11-25-19(31-17)10-9-18(28)26-23-21(22(24)29)20(13(3)27)14(4)30-23/h5-8,11-12H,9-10H2,1-4H3,(H2,24,29)(H,26,28). The van der Waals surface area contributed by atoms with Crippen molar-refractivity contribution in [3.8, 4) is 11.3 Å². The summed E-state index contributed by atoms with van der Waals surface area (Å²) in [5.74, 6) is -0.0778. The Balaban J connectivity index is 1.65. The van der Waals surface area contributed by atoms with Crippen LogP contribution in [0.2, 0.25) is 0 Å². The number of hydrogen-bond acceptors (Lipinski definition) is 6. The van der Waals surface area contributed by atoms with Crippen molar-refractivity contribution in [3.05, 3.63) is 58.8 Å². The maximum atomic E-state index is 12.4. The molecule has 0 fully saturated rings.